The molecule has 1 N–H and O–H groups in total. The summed E-state index contributed by atoms with van der Waals surface area (Å²) in [5.74, 6) is -1.48. The number of benzene rings is 2. The molecule has 0 radical (unpaired) electrons. The topological polar surface area (TPSA) is 97.8 Å². The molecule has 2 aromatic carbocycles. The third kappa shape index (κ3) is 4.01. The molecule has 2 amide bonds. The van der Waals surface area contributed by atoms with E-state index in [-0.39, 0.29) is 30.3 Å². The fourth-order valence-corrected chi connectivity index (χ4v) is 4.09. The molecule has 0 bridgehead atoms. The fourth-order valence-electron chi connectivity index (χ4n) is 4.09. The number of nitrogens with zero attached hydrogens (tertiary/aromatic N) is 2. The predicted octanol–water partition coefficient (Wildman–Crippen LogP) is 3.34. The zero-order chi connectivity index (χ0) is 23.5. The van der Waals surface area contributed by atoms with Crippen LogP contribution < -0.4 is 10.1 Å². The van der Waals surface area contributed by atoms with Gasteiger partial charge in [0.2, 0.25) is 5.91 Å². The van der Waals surface area contributed by atoms with E-state index in [1.54, 1.807) is 54.9 Å². The van der Waals surface area contributed by atoms with E-state index < -0.39 is 24.0 Å². The molecule has 170 valence electrons. The van der Waals surface area contributed by atoms with Crippen LogP contribution in [-0.4, -0.2) is 41.0 Å². The first kappa shape index (κ1) is 21.4. The fraction of sp³-hybridized carbons (Fsp3) is 0.154. The molecule has 5 rings (SSSR count). The molecule has 0 saturated carbocycles. The van der Waals surface area contributed by atoms with Gasteiger partial charge >= 0.3 is 12.1 Å². The van der Waals surface area contributed by atoms with Crippen LogP contribution in [0.3, 0.4) is 0 Å². The van der Waals surface area contributed by atoms with Gasteiger partial charge in [0, 0.05) is 24.5 Å². The summed E-state index contributed by atoms with van der Waals surface area (Å²) in [5.41, 5.74) is 1.68. The summed E-state index contributed by atoms with van der Waals surface area (Å²) in [6.07, 6.45) is 2.53. The van der Waals surface area contributed by atoms with Gasteiger partial charge in [0.15, 0.2) is 0 Å². The number of amides is 2. The number of β-lactam (4-membered cyclic amide) rings is 1. The van der Waals surface area contributed by atoms with Gasteiger partial charge in [0.1, 0.15) is 12.4 Å². The number of carbonyl (C=O) groups excluding carboxylic acids is 3. The van der Waals surface area contributed by atoms with Crippen LogP contribution in [0.25, 0.3) is 5.70 Å². The molecule has 34 heavy (non-hydrogen) atoms. The van der Waals surface area contributed by atoms with E-state index in [4.69, 9.17) is 9.47 Å². The maximum absolute atomic E-state index is 13.6. The monoisotopic (exact) mass is 455 g/mol. The summed E-state index contributed by atoms with van der Waals surface area (Å²) in [5, 5.41) is 2.68. The third-order valence-corrected chi connectivity index (χ3v) is 5.81. The molecule has 2 fully saturated rings. The molecule has 2 atom stereocenters. The van der Waals surface area contributed by atoms with E-state index in [1.807, 2.05) is 30.3 Å². The van der Waals surface area contributed by atoms with Crippen LogP contribution >= 0.6 is 0 Å². The SMILES string of the molecule is O=C(Oc1ccccc1)C(=C(c1cccnc1)N1C(=O)OC[C@@H]1c1ccccc1)[C@H]1CNC1=O. The van der Waals surface area contributed by atoms with Crippen LogP contribution in [0.4, 0.5) is 4.79 Å². The first-order valence-corrected chi connectivity index (χ1v) is 10.8. The number of esters is 1. The Kier molecular flexibility index (Phi) is 5.78. The Labute approximate surface area is 195 Å². The van der Waals surface area contributed by atoms with Gasteiger partial charge in [-0.25, -0.2) is 9.59 Å². The summed E-state index contributed by atoms with van der Waals surface area (Å²) in [4.78, 5) is 44.7. The van der Waals surface area contributed by atoms with Crippen molar-refractivity contribution < 1.29 is 23.9 Å². The van der Waals surface area contributed by atoms with Gasteiger partial charge < -0.3 is 14.8 Å². The van der Waals surface area contributed by atoms with Crippen LogP contribution in [0, 0.1) is 5.92 Å². The molecule has 0 aliphatic carbocycles. The third-order valence-electron chi connectivity index (χ3n) is 5.81. The second-order valence-electron chi connectivity index (χ2n) is 7.88. The number of ether oxygens (including phenoxy) is 2. The Hall–Kier alpha value is -4.46. The van der Waals surface area contributed by atoms with E-state index in [9.17, 15) is 14.4 Å². The Morgan fingerprint density at radius 2 is 1.74 bits per heavy atom. The Bertz CT molecular complexity index is 1250. The van der Waals surface area contributed by atoms with Gasteiger partial charge in [0.05, 0.1) is 23.2 Å². The highest BCUT2D eigenvalue weighted by Crippen LogP contribution is 2.39. The minimum Gasteiger partial charge on any atom is -0.447 e. The summed E-state index contributed by atoms with van der Waals surface area (Å²) in [6.45, 7) is 0.352. The van der Waals surface area contributed by atoms with Crippen LogP contribution in [0.15, 0.2) is 90.8 Å². The van der Waals surface area contributed by atoms with Crippen LogP contribution in [-0.2, 0) is 14.3 Å². The van der Waals surface area contributed by atoms with Crippen molar-refractivity contribution in [1.82, 2.24) is 15.2 Å². The standard InChI is InChI=1S/C26H21N3O5/c30-24-20(15-28-24)22(25(31)34-19-11-5-2-6-12-19)23(18-10-7-13-27-14-18)29-21(16-33-26(29)32)17-8-3-1-4-9-17/h1-14,20-21H,15-16H2,(H,28,30)/t20-,21-/m1/s1. The lowest BCUT2D eigenvalue weighted by atomic mass is 9.88. The van der Waals surface area contributed by atoms with Crippen molar-refractivity contribution in [3.05, 3.63) is 102 Å². The van der Waals surface area contributed by atoms with Crippen molar-refractivity contribution in [3.8, 4) is 5.75 Å². The van der Waals surface area contributed by atoms with Crippen molar-refractivity contribution >= 4 is 23.7 Å². The lowest BCUT2D eigenvalue weighted by molar-refractivity contribution is -0.136. The smallest absolute Gasteiger partial charge is 0.415 e. The minimum atomic E-state index is -0.781. The maximum Gasteiger partial charge on any atom is 0.415 e. The van der Waals surface area contributed by atoms with E-state index in [1.165, 1.54) is 4.90 Å². The Balaban J connectivity index is 1.69. The number of pyridine rings is 1. The normalized spacial score (nSPS) is 20.1. The molecule has 2 saturated heterocycles. The lowest BCUT2D eigenvalue weighted by Crippen LogP contribution is -2.52. The molecule has 3 aromatic rings. The summed E-state index contributed by atoms with van der Waals surface area (Å²) in [6, 6.07) is 20.9. The second-order valence-corrected chi connectivity index (χ2v) is 7.88. The summed E-state index contributed by atoms with van der Waals surface area (Å²) in [7, 11) is 0. The molecule has 0 unspecified atom stereocenters. The number of hydrogen-bond donors (Lipinski definition) is 1. The molecule has 8 heteroatoms. The number of para-hydroxylation sites is 1. The number of cyclic esters (lactones) is 1. The van der Waals surface area contributed by atoms with Crippen molar-refractivity contribution in [2.45, 2.75) is 6.04 Å². The maximum atomic E-state index is 13.6. The number of hydrogen-bond acceptors (Lipinski definition) is 6. The highest BCUT2D eigenvalue weighted by molar-refractivity contribution is 6.07. The van der Waals surface area contributed by atoms with Crippen LogP contribution in [0.1, 0.15) is 17.2 Å². The quantitative estimate of drug-likeness (QED) is 0.265. The lowest BCUT2D eigenvalue weighted by Gasteiger charge is -2.33. The van der Waals surface area contributed by atoms with E-state index in [2.05, 4.69) is 10.3 Å². The molecule has 2 aliphatic heterocycles. The van der Waals surface area contributed by atoms with Gasteiger partial charge in [0.25, 0.3) is 0 Å². The number of rotatable bonds is 6. The number of nitrogens with one attached hydrogen (secondary N) is 1. The van der Waals surface area contributed by atoms with Gasteiger partial charge in [-0.05, 0) is 29.8 Å². The van der Waals surface area contributed by atoms with Crippen LogP contribution in [0.5, 0.6) is 5.75 Å². The first-order chi connectivity index (χ1) is 16.6. The van der Waals surface area contributed by atoms with Crippen molar-refractivity contribution in [3.63, 3.8) is 0 Å². The molecule has 0 spiro atoms. The molecule has 2 aliphatic rings. The zero-order valence-electron chi connectivity index (χ0n) is 18.1. The molecule has 1 aromatic heterocycles. The van der Waals surface area contributed by atoms with Crippen LogP contribution in [0.2, 0.25) is 0 Å². The van der Waals surface area contributed by atoms with Gasteiger partial charge in [-0.2, -0.15) is 0 Å². The van der Waals surface area contributed by atoms with Crippen molar-refractivity contribution in [1.29, 1.82) is 0 Å². The van der Waals surface area contributed by atoms with Gasteiger partial charge in [-0.1, -0.05) is 48.5 Å². The largest absolute Gasteiger partial charge is 0.447 e. The predicted molar refractivity (Wildman–Crippen MR) is 122 cm³/mol. The van der Waals surface area contributed by atoms with Crippen molar-refractivity contribution in [2.75, 3.05) is 13.2 Å². The molecular formula is C26H21N3O5. The Morgan fingerprint density at radius 3 is 2.35 bits per heavy atom. The minimum absolute atomic E-state index is 0.0837. The first-order valence-electron chi connectivity index (χ1n) is 10.8. The van der Waals surface area contributed by atoms with Crippen molar-refractivity contribution in [2.24, 2.45) is 5.92 Å². The summed E-state index contributed by atoms with van der Waals surface area (Å²) >= 11 is 0. The van der Waals surface area contributed by atoms with Gasteiger partial charge in [-0.3, -0.25) is 14.7 Å². The van der Waals surface area contributed by atoms with E-state index in [0.29, 0.717) is 11.3 Å². The molecule has 8 nitrogen and oxygen atoms in total. The zero-order valence-corrected chi connectivity index (χ0v) is 18.1. The van der Waals surface area contributed by atoms with E-state index in [0.717, 1.165) is 5.56 Å². The molecule has 3 heterocycles. The second kappa shape index (κ2) is 9.19. The number of aromatic nitrogens is 1. The van der Waals surface area contributed by atoms with Gasteiger partial charge in [-0.15, -0.1) is 0 Å². The van der Waals surface area contributed by atoms with E-state index >= 15 is 0 Å². The number of carbonyl (C=O) groups is 3. The highest BCUT2D eigenvalue weighted by Gasteiger charge is 2.45. The highest BCUT2D eigenvalue weighted by atomic mass is 16.6. The summed E-state index contributed by atoms with van der Waals surface area (Å²) < 4.78 is 11.1. The average Bonchev–Trinajstić information content (AvgIpc) is 3.25. The Morgan fingerprint density at radius 1 is 1.00 bits per heavy atom. The molecular weight excluding hydrogens is 434 g/mol. The average molecular weight is 455 g/mol.